The summed E-state index contributed by atoms with van der Waals surface area (Å²) in [6.45, 7) is 1.86. The van der Waals surface area contributed by atoms with Crippen LogP contribution >= 0.6 is 23.2 Å². The molecule has 3 nitrogen and oxygen atoms in total. The quantitative estimate of drug-likeness (QED) is 0.859. The molecule has 0 fully saturated rings. The number of halogens is 2. The van der Waals surface area contributed by atoms with Gasteiger partial charge in [0.05, 0.1) is 11.6 Å². The molecule has 0 radical (unpaired) electrons. The lowest BCUT2D eigenvalue weighted by Crippen LogP contribution is -2.08. The number of hydrogen-bond acceptors (Lipinski definition) is 2. The molecule has 1 aliphatic heterocycles. The molecular weight excluding hydrogens is 283 g/mol. The molecule has 2 aromatic rings. The van der Waals surface area contributed by atoms with Crippen molar-refractivity contribution >= 4 is 34.9 Å². The van der Waals surface area contributed by atoms with E-state index in [0.717, 1.165) is 16.8 Å². The standard InChI is InChI=1S/C14H10Cl2N2O/c1-7-11-2-3-12(17-13(11)18-14(7)19)8-4-9(15)6-10(16)5-8/h2-7H,1H3,(H,17,18,19). The average molecular weight is 293 g/mol. The lowest BCUT2D eigenvalue weighted by molar-refractivity contribution is -0.116. The number of anilines is 1. The van der Waals surface area contributed by atoms with Crippen LogP contribution in [-0.2, 0) is 4.79 Å². The molecular formula is C14H10Cl2N2O. The number of nitrogens with zero attached hydrogens (tertiary/aromatic N) is 1. The first-order valence-electron chi connectivity index (χ1n) is 5.83. The minimum atomic E-state index is -0.153. The van der Waals surface area contributed by atoms with Gasteiger partial charge in [-0.25, -0.2) is 4.98 Å². The molecule has 0 aliphatic carbocycles. The van der Waals surface area contributed by atoms with Gasteiger partial charge in [-0.1, -0.05) is 29.3 Å². The van der Waals surface area contributed by atoms with Gasteiger partial charge in [-0.05, 0) is 31.2 Å². The molecule has 0 saturated carbocycles. The summed E-state index contributed by atoms with van der Waals surface area (Å²) >= 11 is 12.0. The molecule has 3 rings (SSSR count). The highest BCUT2D eigenvalue weighted by molar-refractivity contribution is 6.35. The number of amides is 1. The molecule has 96 valence electrons. The number of benzene rings is 1. The maximum atomic E-state index is 11.6. The van der Waals surface area contributed by atoms with Crippen molar-refractivity contribution in [2.45, 2.75) is 12.8 Å². The van der Waals surface area contributed by atoms with Gasteiger partial charge in [0.25, 0.3) is 0 Å². The van der Waals surface area contributed by atoms with Crippen LogP contribution in [0.4, 0.5) is 5.82 Å². The Hall–Kier alpha value is -1.58. The lowest BCUT2D eigenvalue weighted by atomic mass is 10.0. The van der Waals surface area contributed by atoms with Crippen LogP contribution in [0.5, 0.6) is 0 Å². The summed E-state index contributed by atoms with van der Waals surface area (Å²) in [4.78, 5) is 16.1. The van der Waals surface area contributed by atoms with E-state index in [2.05, 4.69) is 10.3 Å². The van der Waals surface area contributed by atoms with Crippen molar-refractivity contribution in [1.82, 2.24) is 4.98 Å². The molecule has 0 spiro atoms. The molecule has 1 atom stereocenters. The van der Waals surface area contributed by atoms with Gasteiger partial charge in [0.1, 0.15) is 5.82 Å². The van der Waals surface area contributed by atoms with Gasteiger partial charge in [-0.15, -0.1) is 0 Å². The molecule has 1 amide bonds. The maximum absolute atomic E-state index is 11.6. The molecule has 1 aromatic heterocycles. The fraction of sp³-hybridized carbons (Fsp3) is 0.143. The van der Waals surface area contributed by atoms with Crippen LogP contribution < -0.4 is 5.32 Å². The highest BCUT2D eigenvalue weighted by Gasteiger charge is 2.27. The van der Waals surface area contributed by atoms with Crippen LogP contribution in [0.3, 0.4) is 0 Å². The number of hydrogen-bond donors (Lipinski definition) is 1. The minimum absolute atomic E-state index is 0.0243. The zero-order valence-corrected chi connectivity index (χ0v) is 11.6. The molecule has 1 unspecified atom stereocenters. The van der Waals surface area contributed by atoms with Crippen LogP contribution in [0.2, 0.25) is 10.0 Å². The molecule has 0 bridgehead atoms. The predicted octanol–water partition coefficient (Wildman–Crippen LogP) is 4.11. The van der Waals surface area contributed by atoms with Crippen molar-refractivity contribution in [2.24, 2.45) is 0 Å². The van der Waals surface area contributed by atoms with Gasteiger partial charge in [0, 0.05) is 21.2 Å². The van der Waals surface area contributed by atoms with E-state index < -0.39 is 0 Å². The molecule has 1 N–H and O–H groups in total. The number of nitrogens with one attached hydrogen (secondary N) is 1. The van der Waals surface area contributed by atoms with E-state index >= 15 is 0 Å². The van der Waals surface area contributed by atoms with Crippen molar-refractivity contribution in [3.05, 3.63) is 45.9 Å². The third-order valence-electron chi connectivity index (χ3n) is 3.19. The molecule has 2 heterocycles. The lowest BCUT2D eigenvalue weighted by Gasteiger charge is -2.06. The summed E-state index contributed by atoms with van der Waals surface area (Å²) < 4.78 is 0. The second-order valence-electron chi connectivity index (χ2n) is 4.50. The van der Waals surface area contributed by atoms with Gasteiger partial charge in [0.15, 0.2) is 0 Å². The van der Waals surface area contributed by atoms with Crippen LogP contribution in [0.1, 0.15) is 18.4 Å². The number of aromatic nitrogens is 1. The molecule has 19 heavy (non-hydrogen) atoms. The van der Waals surface area contributed by atoms with E-state index in [0.29, 0.717) is 15.9 Å². The maximum Gasteiger partial charge on any atom is 0.232 e. The van der Waals surface area contributed by atoms with Gasteiger partial charge in [-0.2, -0.15) is 0 Å². The van der Waals surface area contributed by atoms with Crippen LogP contribution in [-0.4, -0.2) is 10.9 Å². The van der Waals surface area contributed by atoms with Crippen molar-refractivity contribution < 1.29 is 4.79 Å². The van der Waals surface area contributed by atoms with Gasteiger partial charge < -0.3 is 5.32 Å². The van der Waals surface area contributed by atoms with Gasteiger partial charge in [-0.3, -0.25) is 4.79 Å². The summed E-state index contributed by atoms with van der Waals surface area (Å²) in [6.07, 6.45) is 0. The number of rotatable bonds is 1. The summed E-state index contributed by atoms with van der Waals surface area (Å²) in [6, 6.07) is 9.04. The number of carbonyl (C=O) groups is 1. The molecule has 1 aliphatic rings. The van der Waals surface area contributed by atoms with Crippen LogP contribution in [0.25, 0.3) is 11.3 Å². The largest absolute Gasteiger partial charge is 0.310 e. The van der Waals surface area contributed by atoms with Gasteiger partial charge >= 0.3 is 0 Å². The average Bonchev–Trinajstić information content (AvgIpc) is 2.63. The summed E-state index contributed by atoms with van der Waals surface area (Å²) in [5.41, 5.74) is 2.48. The van der Waals surface area contributed by atoms with Crippen molar-refractivity contribution in [3.63, 3.8) is 0 Å². The Bertz CT molecular complexity index is 665. The molecule has 0 saturated heterocycles. The third-order valence-corrected chi connectivity index (χ3v) is 3.62. The fourth-order valence-corrected chi connectivity index (χ4v) is 2.67. The number of pyridine rings is 1. The Labute approximate surface area is 120 Å². The second kappa shape index (κ2) is 4.51. The Morgan fingerprint density at radius 2 is 1.84 bits per heavy atom. The number of carbonyl (C=O) groups excluding carboxylic acids is 1. The van der Waals surface area contributed by atoms with Gasteiger partial charge in [0.2, 0.25) is 5.91 Å². The fourth-order valence-electron chi connectivity index (χ4n) is 2.15. The van der Waals surface area contributed by atoms with E-state index in [1.165, 1.54) is 0 Å². The van der Waals surface area contributed by atoms with E-state index in [1.54, 1.807) is 18.2 Å². The van der Waals surface area contributed by atoms with E-state index in [1.807, 2.05) is 19.1 Å². The minimum Gasteiger partial charge on any atom is -0.310 e. The van der Waals surface area contributed by atoms with Crippen molar-refractivity contribution in [3.8, 4) is 11.3 Å². The molecule has 5 heteroatoms. The predicted molar refractivity (Wildman–Crippen MR) is 76.7 cm³/mol. The van der Waals surface area contributed by atoms with E-state index in [9.17, 15) is 4.79 Å². The Balaban J connectivity index is 2.08. The topological polar surface area (TPSA) is 42.0 Å². The van der Waals surface area contributed by atoms with Crippen LogP contribution in [0, 0.1) is 0 Å². The Morgan fingerprint density at radius 3 is 2.53 bits per heavy atom. The highest BCUT2D eigenvalue weighted by Crippen LogP contribution is 2.33. The first-order valence-corrected chi connectivity index (χ1v) is 6.58. The van der Waals surface area contributed by atoms with E-state index in [4.69, 9.17) is 23.2 Å². The van der Waals surface area contributed by atoms with E-state index in [-0.39, 0.29) is 11.8 Å². The zero-order chi connectivity index (χ0) is 13.6. The zero-order valence-electron chi connectivity index (χ0n) is 10.1. The summed E-state index contributed by atoms with van der Waals surface area (Å²) in [5, 5.41) is 3.89. The monoisotopic (exact) mass is 292 g/mol. The smallest absolute Gasteiger partial charge is 0.232 e. The van der Waals surface area contributed by atoms with Crippen LogP contribution in [0.15, 0.2) is 30.3 Å². The SMILES string of the molecule is CC1C(=O)Nc2nc(-c3cc(Cl)cc(Cl)c3)ccc21. The molecule has 1 aromatic carbocycles. The first-order chi connectivity index (χ1) is 9.04. The summed E-state index contributed by atoms with van der Waals surface area (Å²) in [7, 11) is 0. The summed E-state index contributed by atoms with van der Waals surface area (Å²) in [5.74, 6) is 0.439. The van der Waals surface area contributed by atoms with Crippen molar-refractivity contribution in [1.29, 1.82) is 0 Å². The Morgan fingerprint density at radius 1 is 1.16 bits per heavy atom. The van der Waals surface area contributed by atoms with Crippen molar-refractivity contribution in [2.75, 3.05) is 5.32 Å². The number of fused-ring (bicyclic) bond motifs is 1. The second-order valence-corrected chi connectivity index (χ2v) is 5.38. The third kappa shape index (κ3) is 2.20. The first kappa shape index (κ1) is 12.5. The Kier molecular flexibility index (Phi) is 2.96. The normalized spacial score (nSPS) is 17.2. The highest BCUT2D eigenvalue weighted by atomic mass is 35.5.